The van der Waals surface area contributed by atoms with Crippen molar-refractivity contribution in [2.24, 2.45) is 0 Å². The summed E-state index contributed by atoms with van der Waals surface area (Å²) in [7, 11) is 0. The van der Waals surface area contributed by atoms with Crippen molar-refractivity contribution in [3.05, 3.63) is 36.5 Å². The molecule has 0 unspecified atom stereocenters. The van der Waals surface area contributed by atoms with Crippen LogP contribution >= 0.6 is 0 Å². The van der Waals surface area contributed by atoms with Gasteiger partial charge in [-0.05, 0) is 12.1 Å². The molecule has 0 saturated heterocycles. The molecule has 1 N–H and O–H groups in total. The number of carbonyl (C=O) groups excluding carboxylic acids is 1. The van der Waals surface area contributed by atoms with Gasteiger partial charge >= 0.3 is 0 Å². The predicted octanol–water partition coefficient (Wildman–Crippen LogP) is 0.922. The first-order valence-electron chi connectivity index (χ1n) is 3.80. The topological polar surface area (TPSA) is 42.0 Å². The van der Waals surface area contributed by atoms with Gasteiger partial charge in [0.05, 0.1) is 12.2 Å². The van der Waals surface area contributed by atoms with Crippen LogP contribution in [0.1, 0.15) is 12.6 Å². The predicted molar refractivity (Wildman–Crippen MR) is 46.1 cm³/mol. The zero-order valence-electron chi connectivity index (χ0n) is 6.95. The van der Waals surface area contributed by atoms with Gasteiger partial charge < -0.3 is 5.32 Å². The molecule has 3 nitrogen and oxygen atoms in total. The Morgan fingerprint density at radius 1 is 1.67 bits per heavy atom. The van der Waals surface area contributed by atoms with E-state index in [0.717, 1.165) is 5.69 Å². The molecule has 0 aliphatic rings. The smallest absolute Gasteiger partial charge is 0.223 e. The summed E-state index contributed by atoms with van der Waals surface area (Å²) in [6, 6.07) is 5.61. The van der Waals surface area contributed by atoms with E-state index in [-0.39, 0.29) is 5.91 Å². The van der Waals surface area contributed by atoms with Crippen LogP contribution in [0.5, 0.6) is 0 Å². The zero-order valence-corrected chi connectivity index (χ0v) is 6.95. The molecular weight excluding hydrogens is 152 g/mol. The van der Waals surface area contributed by atoms with Crippen LogP contribution in [-0.4, -0.2) is 10.9 Å². The van der Waals surface area contributed by atoms with E-state index in [2.05, 4.69) is 10.3 Å². The van der Waals surface area contributed by atoms with Gasteiger partial charge in [0, 0.05) is 12.6 Å². The fourth-order valence-corrected chi connectivity index (χ4v) is 0.782. The summed E-state index contributed by atoms with van der Waals surface area (Å²) in [6.07, 6.45) is 3.19. The minimum Gasteiger partial charge on any atom is -0.350 e. The van der Waals surface area contributed by atoms with Gasteiger partial charge in [0.2, 0.25) is 5.91 Å². The van der Waals surface area contributed by atoms with Gasteiger partial charge in [0.15, 0.2) is 0 Å². The Hall–Kier alpha value is -1.38. The maximum atomic E-state index is 10.8. The van der Waals surface area contributed by atoms with Gasteiger partial charge in [-0.15, -0.1) is 0 Å². The first-order chi connectivity index (χ1) is 5.83. The molecule has 1 radical (unpaired) electrons. The normalized spacial score (nSPS) is 9.42. The lowest BCUT2D eigenvalue weighted by Crippen LogP contribution is -2.22. The van der Waals surface area contributed by atoms with Gasteiger partial charge in [-0.2, -0.15) is 0 Å². The minimum atomic E-state index is -0.0688. The second-order valence-electron chi connectivity index (χ2n) is 2.33. The second kappa shape index (κ2) is 4.49. The lowest BCUT2D eigenvalue weighted by Gasteiger charge is -2.01. The van der Waals surface area contributed by atoms with Crippen LogP contribution in [0, 0.1) is 6.42 Å². The molecule has 1 aromatic rings. The minimum absolute atomic E-state index is 0.0688. The SMILES string of the molecule is C[CH]C(=O)NCc1ccccn1. The molecule has 0 fully saturated rings. The highest BCUT2D eigenvalue weighted by molar-refractivity contribution is 5.83. The molecule has 0 saturated carbocycles. The van der Waals surface area contributed by atoms with Crippen LogP contribution in [0.25, 0.3) is 0 Å². The molecule has 12 heavy (non-hydrogen) atoms. The summed E-state index contributed by atoms with van der Waals surface area (Å²) < 4.78 is 0. The summed E-state index contributed by atoms with van der Waals surface area (Å²) in [4.78, 5) is 14.8. The number of rotatable bonds is 3. The van der Waals surface area contributed by atoms with Crippen LogP contribution < -0.4 is 5.32 Å². The molecule has 1 rings (SSSR count). The Labute approximate surface area is 71.8 Å². The second-order valence-corrected chi connectivity index (χ2v) is 2.33. The van der Waals surface area contributed by atoms with E-state index >= 15 is 0 Å². The number of nitrogens with one attached hydrogen (secondary N) is 1. The zero-order chi connectivity index (χ0) is 8.81. The van der Waals surface area contributed by atoms with Crippen LogP contribution in [0.3, 0.4) is 0 Å². The van der Waals surface area contributed by atoms with Gasteiger partial charge in [0.25, 0.3) is 0 Å². The van der Waals surface area contributed by atoms with Crippen molar-refractivity contribution >= 4 is 5.91 Å². The highest BCUT2D eigenvalue weighted by Gasteiger charge is 1.96. The fourth-order valence-electron chi connectivity index (χ4n) is 0.782. The van der Waals surface area contributed by atoms with Crippen molar-refractivity contribution < 1.29 is 4.79 Å². The van der Waals surface area contributed by atoms with E-state index < -0.39 is 0 Å². The lowest BCUT2D eigenvalue weighted by molar-refractivity contribution is -0.117. The standard InChI is InChI=1S/C9H11N2O/c1-2-9(12)11-7-8-5-3-4-6-10-8/h2-6H,7H2,1H3,(H,11,12). The van der Waals surface area contributed by atoms with Crippen molar-refractivity contribution in [1.29, 1.82) is 0 Å². The Kier molecular flexibility index (Phi) is 3.26. The Morgan fingerprint density at radius 3 is 3.08 bits per heavy atom. The largest absolute Gasteiger partial charge is 0.350 e. The van der Waals surface area contributed by atoms with Crippen LogP contribution in [0.2, 0.25) is 0 Å². The van der Waals surface area contributed by atoms with Crippen LogP contribution in [-0.2, 0) is 11.3 Å². The van der Waals surface area contributed by atoms with Crippen molar-refractivity contribution in [1.82, 2.24) is 10.3 Å². The fraction of sp³-hybridized carbons (Fsp3) is 0.222. The van der Waals surface area contributed by atoms with E-state index in [0.29, 0.717) is 6.54 Å². The summed E-state index contributed by atoms with van der Waals surface area (Å²) in [6.45, 7) is 2.19. The molecule has 0 atom stereocenters. The Morgan fingerprint density at radius 2 is 2.50 bits per heavy atom. The third-order valence-corrected chi connectivity index (χ3v) is 1.43. The summed E-state index contributed by atoms with van der Waals surface area (Å²) in [5.41, 5.74) is 0.868. The number of pyridine rings is 1. The molecule has 0 aliphatic heterocycles. The number of nitrogens with zero attached hydrogens (tertiary/aromatic N) is 1. The molecule has 0 aromatic carbocycles. The van der Waals surface area contributed by atoms with Crippen LogP contribution in [0.4, 0.5) is 0 Å². The first-order valence-corrected chi connectivity index (χ1v) is 3.80. The summed E-state index contributed by atoms with van der Waals surface area (Å²) in [5, 5.41) is 2.69. The number of hydrogen-bond donors (Lipinski definition) is 1. The van der Waals surface area contributed by atoms with Crippen LogP contribution in [0.15, 0.2) is 24.4 Å². The average molecular weight is 163 g/mol. The van der Waals surface area contributed by atoms with Gasteiger partial charge in [-0.3, -0.25) is 9.78 Å². The molecule has 3 heteroatoms. The number of aromatic nitrogens is 1. The van der Waals surface area contributed by atoms with Crippen molar-refractivity contribution in [3.63, 3.8) is 0 Å². The highest BCUT2D eigenvalue weighted by Crippen LogP contribution is 1.91. The van der Waals surface area contributed by atoms with E-state index in [1.165, 1.54) is 6.42 Å². The maximum Gasteiger partial charge on any atom is 0.223 e. The van der Waals surface area contributed by atoms with Gasteiger partial charge in [0.1, 0.15) is 0 Å². The lowest BCUT2D eigenvalue weighted by atomic mass is 10.3. The number of amides is 1. The number of hydrogen-bond acceptors (Lipinski definition) is 2. The molecule has 1 heterocycles. The molecule has 1 amide bonds. The summed E-state index contributed by atoms with van der Waals surface area (Å²) in [5.74, 6) is -0.0688. The van der Waals surface area contributed by atoms with E-state index in [1.54, 1.807) is 13.1 Å². The van der Waals surface area contributed by atoms with Crippen molar-refractivity contribution in [3.8, 4) is 0 Å². The van der Waals surface area contributed by atoms with Crippen molar-refractivity contribution in [2.75, 3.05) is 0 Å². The Bertz CT molecular complexity index is 246. The van der Waals surface area contributed by atoms with E-state index in [4.69, 9.17) is 0 Å². The molecule has 0 bridgehead atoms. The average Bonchev–Trinajstić information content (AvgIpc) is 2.16. The molecular formula is C9H11N2O. The third-order valence-electron chi connectivity index (χ3n) is 1.43. The third kappa shape index (κ3) is 2.70. The highest BCUT2D eigenvalue weighted by atomic mass is 16.1. The molecule has 0 spiro atoms. The quantitative estimate of drug-likeness (QED) is 0.720. The van der Waals surface area contributed by atoms with Gasteiger partial charge in [-0.1, -0.05) is 13.0 Å². The summed E-state index contributed by atoms with van der Waals surface area (Å²) >= 11 is 0. The molecule has 63 valence electrons. The first kappa shape index (κ1) is 8.71. The van der Waals surface area contributed by atoms with E-state index in [9.17, 15) is 4.79 Å². The molecule has 0 aliphatic carbocycles. The van der Waals surface area contributed by atoms with E-state index in [1.807, 2.05) is 18.2 Å². The molecule has 1 aromatic heterocycles. The Balaban J connectivity index is 2.38. The van der Waals surface area contributed by atoms with Gasteiger partial charge in [-0.25, -0.2) is 0 Å². The van der Waals surface area contributed by atoms with Crippen molar-refractivity contribution in [2.45, 2.75) is 13.5 Å². The number of carbonyl (C=O) groups is 1. The monoisotopic (exact) mass is 163 g/mol. The maximum absolute atomic E-state index is 10.8.